The van der Waals surface area contributed by atoms with Crippen molar-refractivity contribution in [2.75, 3.05) is 11.9 Å². The topological polar surface area (TPSA) is 93.8 Å². The summed E-state index contributed by atoms with van der Waals surface area (Å²) in [4.78, 5) is 28.8. The van der Waals surface area contributed by atoms with E-state index in [1.165, 1.54) is 21.8 Å². The first-order chi connectivity index (χ1) is 12.5. The van der Waals surface area contributed by atoms with Crippen molar-refractivity contribution in [1.82, 2.24) is 24.6 Å². The Hall–Kier alpha value is -2.78. The number of anilines is 1. The zero-order chi connectivity index (χ0) is 18.3. The van der Waals surface area contributed by atoms with Gasteiger partial charge in [-0.05, 0) is 30.2 Å². The monoisotopic (exact) mass is 392 g/mol. The third-order valence-electron chi connectivity index (χ3n) is 4.51. The van der Waals surface area contributed by atoms with Crippen molar-refractivity contribution in [2.24, 2.45) is 7.05 Å². The fraction of sp³-hybridized carbons (Fsp3) is 0.294. The van der Waals surface area contributed by atoms with Crippen molar-refractivity contribution < 1.29 is 9.18 Å². The summed E-state index contributed by atoms with van der Waals surface area (Å²) in [7, 11) is 1.68. The smallest absolute Gasteiger partial charge is 0.264 e. The van der Waals surface area contributed by atoms with Crippen LogP contribution in [0.2, 0.25) is 0 Å². The number of nitrogens with one attached hydrogen (secondary N) is 2. The van der Waals surface area contributed by atoms with Gasteiger partial charge in [0.2, 0.25) is 5.91 Å². The highest BCUT2D eigenvalue weighted by Gasteiger charge is 2.18. The molecule has 0 atom stereocenters. The van der Waals surface area contributed by atoms with Gasteiger partial charge in [-0.25, -0.2) is 9.37 Å². The lowest BCUT2D eigenvalue weighted by Crippen LogP contribution is -2.29. The maximum absolute atomic E-state index is 14.6. The third kappa shape index (κ3) is 3.43. The molecule has 1 amide bonds. The first-order valence-corrected chi connectivity index (χ1v) is 8.22. The van der Waals surface area contributed by atoms with Gasteiger partial charge < -0.3 is 10.6 Å². The minimum atomic E-state index is -0.495. The molecule has 0 saturated heterocycles. The predicted molar refractivity (Wildman–Crippen MR) is 100 cm³/mol. The Labute approximate surface area is 159 Å². The van der Waals surface area contributed by atoms with Crippen LogP contribution in [0.25, 0.3) is 11.0 Å². The molecule has 0 spiro atoms. The Balaban J connectivity index is 0.00000210. The molecule has 3 heterocycles. The Bertz CT molecular complexity index is 1080. The van der Waals surface area contributed by atoms with Gasteiger partial charge >= 0.3 is 0 Å². The summed E-state index contributed by atoms with van der Waals surface area (Å²) in [5.74, 6) is -0.907. The van der Waals surface area contributed by atoms with Crippen molar-refractivity contribution in [3.8, 4) is 0 Å². The van der Waals surface area contributed by atoms with Crippen LogP contribution >= 0.6 is 12.4 Å². The van der Waals surface area contributed by atoms with Crippen molar-refractivity contribution in [1.29, 1.82) is 0 Å². The fourth-order valence-electron chi connectivity index (χ4n) is 3.15. The van der Waals surface area contributed by atoms with E-state index in [0.29, 0.717) is 36.1 Å². The number of hydrogen-bond donors (Lipinski definition) is 2. The number of rotatable bonds is 3. The Kier molecular flexibility index (Phi) is 5.24. The number of carbonyl (C=O) groups is 1. The number of amides is 1. The molecule has 3 aromatic rings. The summed E-state index contributed by atoms with van der Waals surface area (Å²) in [6.45, 7) is 1.06. The van der Waals surface area contributed by atoms with Gasteiger partial charge in [-0.3, -0.25) is 18.8 Å². The molecular formula is C17H18ClFN6O2. The maximum Gasteiger partial charge on any atom is 0.264 e. The van der Waals surface area contributed by atoms with E-state index in [2.05, 4.69) is 20.7 Å². The summed E-state index contributed by atoms with van der Waals surface area (Å²) in [6, 6.07) is 3.35. The van der Waals surface area contributed by atoms with E-state index in [1.807, 2.05) is 0 Å². The van der Waals surface area contributed by atoms with Crippen LogP contribution < -0.4 is 16.2 Å². The summed E-state index contributed by atoms with van der Waals surface area (Å²) in [5, 5.41) is 10.0. The molecule has 1 aromatic carbocycles. The number of carbonyl (C=O) groups excluding carboxylic acids is 1. The van der Waals surface area contributed by atoms with Crippen LogP contribution in [0.3, 0.4) is 0 Å². The number of halogens is 2. The lowest BCUT2D eigenvalue weighted by atomic mass is 9.99. The van der Waals surface area contributed by atoms with Gasteiger partial charge in [-0.1, -0.05) is 6.07 Å². The molecule has 0 aliphatic carbocycles. The van der Waals surface area contributed by atoms with Crippen molar-refractivity contribution in [3.63, 3.8) is 0 Å². The van der Waals surface area contributed by atoms with Crippen LogP contribution in [0, 0.1) is 5.82 Å². The number of fused-ring (bicyclic) bond motifs is 2. The molecule has 10 heteroatoms. The SMILES string of the molecule is Cl.Cn1ncc2c(=O)n(CC(=O)Nc3ccc4c(c3F)CCNC4)cnc21. The van der Waals surface area contributed by atoms with Gasteiger partial charge in [0, 0.05) is 13.6 Å². The minimum absolute atomic E-state index is 0. The lowest BCUT2D eigenvalue weighted by Gasteiger charge is -2.19. The van der Waals surface area contributed by atoms with Gasteiger partial charge in [0.25, 0.3) is 5.56 Å². The number of aryl methyl sites for hydroxylation is 1. The quantitative estimate of drug-likeness (QED) is 0.693. The van der Waals surface area contributed by atoms with E-state index in [1.54, 1.807) is 19.2 Å². The van der Waals surface area contributed by atoms with E-state index in [-0.39, 0.29) is 30.2 Å². The summed E-state index contributed by atoms with van der Waals surface area (Å²) in [5.41, 5.74) is 1.72. The molecule has 4 rings (SSSR count). The van der Waals surface area contributed by atoms with E-state index in [9.17, 15) is 14.0 Å². The van der Waals surface area contributed by atoms with Gasteiger partial charge in [-0.2, -0.15) is 5.10 Å². The third-order valence-corrected chi connectivity index (χ3v) is 4.51. The van der Waals surface area contributed by atoms with Gasteiger partial charge in [0.05, 0.1) is 11.9 Å². The van der Waals surface area contributed by atoms with Crippen molar-refractivity contribution in [3.05, 3.63) is 52.0 Å². The predicted octanol–water partition coefficient (Wildman–Crippen LogP) is 0.975. The normalized spacial score (nSPS) is 13.1. The van der Waals surface area contributed by atoms with E-state index >= 15 is 0 Å². The molecule has 0 unspecified atom stereocenters. The zero-order valence-electron chi connectivity index (χ0n) is 14.5. The number of hydrogen-bond acceptors (Lipinski definition) is 5. The summed E-state index contributed by atoms with van der Waals surface area (Å²) < 4.78 is 17.3. The standard InChI is InChI=1S/C17H17FN6O2.ClH/c1-23-16-12(7-21-23)17(26)24(9-20-16)8-14(25)22-13-3-2-10-6-19-5-4-11(10)15(13)18;/h2-3,7,9,19H,4-6,8H2,1H3,(H,22,25);1H. The van der Waals surface area contributed by atoms with Gasteiger partial charge in [0.15, 0.2) is 5.65 Å². The Morgan fingerprint density at radius 1 is 1.41 bits per heavy atom. The van der Waals surface area contributed by atoms with Crippen LogP contribution in [0.5, 0.6) is 0 Å². The molecular weight excluding hydrogens is 375 g/mol. The second-order valence-corrected chi connectivity index (χ2v) is 6.22. The second kappa shape index (κ2) is 7.45. The lowest BCUT2D eigenvalue weighted by molar-refractivity contribution is -0.116. The highest BCUT2D eigenvalue weighted by molar-refractivity contribution is 5.91. The molecule has 1 aliphatic rings. The summed E-state index contributed by atoms with van der Waals surface area (Å²) >= 11 is 0. The zero-order valence-corrected chi connectivity index (χ0v) is 15.3. The number of benzene rings is 1. The maximum atomic E-state index is 14.6. The Morgan fingerprint density at radius 3 is 3.04 bits per heavy atom. The molecule has 0 fully saturated rings. The van der Waals surface area contributed by atoms with Gasteiger partial charge in [0.1, 0.15) is 24.1 Å². The highest BCUT2D eigenvalue weighted by atomic mass is 35.5. The molecule has 2 aromatic heterocycles. The largest absolute Gasteiger partial charge is 0.322 e. The van der Waals surface area contributed by atoms with Crippen LogP contribution in [0.15, 0.2) is 29.5 Å². The van der Waals surface area contributed by atoms with Crippen LogP contribution in [0.1, 0.15) is 11.1 Å². The average Bonchev–Trinajstić information content (AvgIpc) is 3.02. The van der Waals surface area contributed by atoms with Crippen molar-refractivity contribution >= 4 is 35.0 Å². The molecule has 27 heavy (non-hydrogen) atoms. The molecule has 2 N–H and O–H groups in total. The average molecular weight is 393 g/mol. The molecule has 8 nitrogen and oxygen atoms in total. The van der Waals surface area contributed by atoms with E-state index < -0.39 is 11.7 Å². The second-order valence-electron chi connectivity index (χ2n) is 6.22. The fourth-order valence-corrected chi connectivity index (χ4v) is 3.15. The molecule has 1 aliphatic heterocycles. The van der Waals surface area contributed by atoms with Crippen molar-refractivity contribution in [2.45, 2.75) is 19.5 Å². The first kappa shape index (κ1) is 19.0. The molecule has 0 bridgehead atoms. The van der Waals surface area contributed by atoms with Crippen LogP contribution in [-0.2, 0) is 31.4 Å². The first-order valence-electron chi connectivity index (χ1n) is 8.22. The molecule has 0 saturated carbocycles. The van der Waals surface area contributed by atoms with E-state index in [4.69, 9.17) is 0 Å². The number of aromatic nitrogens is 4. The molecule has 0 radical (unpaired) electrons. The summed E-state index contributed by atoms with van der Waals surface area (Å²) in [6.07, 6.45) is 3.28. The Morgan fingerprint density at radius 2 is 2.22 bits per heavy atom. The van der Waals surface area contributed by atoms with Crippen LogP contribution in [0.4, 0.5) is 10.1 Å². The van der Waals surface area contributed by atoms with Crippen LogP contribution in [-0.4, -0.2) is 31.8 Å². The van der Waals surface area contributed by atoms with E-state index in [0.717, 1.165) is 5.56 Å². The highest BCUT2D eigenvalue weighted by Crippen LogP contribution is 2.24. The minimum Gasteiger partial charge on any atom is -0.322 e. The number of nitrogens with zero attached hydrogens (tertiary/aromatic N) is 4. The molecule has 142 valence electrons. The van der Waals surface area contributed by atoms with Gasteiger partial charge in [-0.15, -0.1) is 12.4 Å².